The van der Waals surface area contributed by atoms with E-state index >= 15 is 0 Å². The first-order valence-electron chi connectivity index (χ1n) is 7.03. The van der Waals surface area contributed by atoms with E-state index in [4.69, 9.17) is 4.74 Å². The number of benzene rings is 1. The Bertz CT molecular complexity index is 669. The summed E-state index contributed by atoms with van der Waals surface area (Å²) < 4.78 is 5.21. The van der Waals surface area contributed by atoms with Crippen molar-refractivity contribution in [2.75, 3.05) is 5.32 Å². The molecule has 0 unspecified atom stereocenters. The molecule has 2 rings (SSSR count). The zero-order valence-corrected chi connectivity index (χ0v) is 14.0. The molecule has 4 nitrogen and oxygen atoms in total. The smallest absolute Gasteiger partial charge is 0.413 e. The van der Waals surface area contributed by atoms with Crippen molar-refractivity contribution in [2.24, 2.45) is 0 Å². The molecule has 0 aliphatic rings. The van der Waals surface area contributed by atoms with Crippen molar-refractivity contribution in [3.05, 3.63) is 47.0 Å². The van der Waals surface area contributed by atoms with Crippen molar-refractivity contribution in [1.82, 2.24) is 4.98 Å². The fourth-order valence-electron chi connectivity index (χ4n) is 1.78. The molecule has 22 heavy (non-hydrogen) atoms. The molecular formula is C17H20N2O2S. The number of nitrogens with one attached hydrogen (secondary N) is 1. The van der Waals surface area contributed by atoms with Crippen LogP contribution in [0.1, 0.15) is 39.0 Å². The summed E-state index contributed by atoms with van der Waals surface area (Å²) in [6, 6.07) is 10.1. The molecular weight excluding hydrogens is 296 g/mol. The number of hydrogen-bond donors (Lipinski definition) is 1. The molecule has 0 saturated heterocycles. The summed E-state index contributed by atoms with van der Waals surface area (Å²) in [5, 5.41) is 5.11. The van der Waals surface area contributed by atoms with Gasteiger partial charge >= 0.3 is 6.09 Å². The molecule has 1 N–H and O–H groups in total. The predicted octanol–water partition coefficient (Wildman–Crippen LogP) is 5.05. The number of amides is 1. The van der Waals surface area contributed by atoms with Crippen LogP contribution in [0.25, 0.3) is 11.6 Å². The fourth-order valence-corrected chi connectivity index (χ4v) is 2.53. The Morgan fingerprint density at radius 3 is 2.59 bits per heavy atom. The maximum Gasteiger partial charge on any atom is 0.413 e. The highest BCUT2D eigenvalue weighted by molar-refractivity contribution is 7.14. The van der Waals surface area contributed by atoms with E-state index in [0.29, 0.717) is 5.13 Å². The lowest BCUT2D eigenvalue weighted by Crippen LogP contribution is -2.27. The minimum atomic E-state index is -0.521. The van der Waals surface area contributed by atoms with Gasteiger partial charge in [0.25, 0.3) is 0 Å². The van der Waals surface area contributed by atoms with E-state index in [1.807, 2.05) is 63.4 Å². The number of ether oxygens (including phenoxy) is 1. The number of rotatable bonds is 3. The van der Waals surface area contributed by atoms with E-state index < -0.39 is 11.7 Å². The van der Waals surface area contributed by atoms with Crippen molar-refractivity contribution < 1.29 is 9.53 Å². The van der Waals surface area contributed by atoms with Crippen LogP contribution >= 0.6 is 11.3 Å². The fraction of sp³-hybridized carbons (Fsp3) is 0.294. The lowest BCUT2D eigenvalue weighted by molar-refractivity contribution is 0.0636. The van der Waals surface area contributed by atoms with Crippen molar-refractivity contribution in [2.45, 2.75) is 33.3 Å². The first kappa shape index (κ1) is 16.2. The highest BCUT2D eigenvalue weighted by Gasteiger charge is 2.17. The second-order valence-electron chi connectivity index (χ2n) is 5.90. The van der Waals surface area contributed by atoms with Gasteiger partial charge in [0.05, 0.1) is 5.69 Å². The molecule has 116 valence electrons. The van der Waals surface area contributed by atoms with Crippen LogP contribution in [-0.4, -0.2) is 16.7 Å². The minimum absolute atomic E-state index is 0.488. The van der Waals surface area contributed by atoms with E-state index in [1.54, 1.807) is 0 Å². The Balaban J connectivity index is 2.05. The minimum Gasteiger partial charge on any atom is -0.444 e. The molecule has 1 heterocycles. The van der Waals surface area contributed by atoms with E-state index in [9.17, 15) is 4.79 Å². The summed E-state index contributed by atoms with van der Waals surface area (Å²) in [7, 11) is 0. The molecule has 0 bridgehead atoms. The molecule has 0 spiro atoms. The molecule has 2 aromatic rings. The SMILES string of the molecule is CC(=Cc1ccccc1)c1csc(NC(=O)OC(C)(C)C)n1. The van der Waals surface area contributed by atoms with Gasteiger partial charge in [-0.1, -0.05) is 30.3 Å². The Morgan fingerprint density at radius 1 is 1.27 bits per heavy atom. The monoisotopic (exact) mass is 316 g/mol. The Hall–Kier alpha value is -2.14. The summed E-state index contributed by atoms with van der Waals surface area (Å²) in [4.78, 5) is 16.1. The first-order chi connectivity index (χ1) is 10.3. The molecule has 0 saturated carbocycles. The van der Waals surface area contributed by atoms with E-state index in [0.717, 1.165) is 16.8 Å². The van der Waals surface area contributed by atoms with Gasteiger partial charge in [-0.25, -0.2) is 9.78 Å². The second kappa shape index (κ2) is 6.75. The van der Waals surface area contributed by atoms with E-state index in [2.05, 4.69) is 16.4 Å². The van der Waals surface area contributed by atoms with Gasteiger partial charge in [-0.2, -0.15) is 0 Å². The Labute approximate surface area is 134 Å². The van der Waals surface area contributed by atoms with Crippen LogP contribution in [0, 0.1) is 0 Å². The predicted molar refractivity (Wildman–Crippen MR) is 92.0 cm³/mol. The van der Waals surface area contributed by atoms with Gasteiger partial charge in [-0.3, -0.25) is 5.32 Å². The zero-order chi connectivity index (χ0) is 16.2. The third-order valence-corrected chi connectivity index (χ3v) is 3.46. The van der Waals surface area contributed by atoms with Crippen molar-refractivity contribution >= 4 is 34.2 Å². The molecule has 0 fully saturated rings. The largest absolute Gasteiger partial charge is 0.444 e. The number of aromatic nitrogens is 1. The number of thiazole rings is 1. The normalized spacial score (nSPS) is 12.1. The van der Waals surface area contributed by atoms with E-state index in [1.165, 1.54) is 11.3 Å². The third-order valence-electron chi connectivity index (χ3n) is 2.70. The highest BCUT2D eigenvalue weighted by atomic mass is 32.1. The molecule has 5 heteroatoms. The Kier molecular flexibility index (Phi) is 4.98. The van der Waals surface area contributed by atoms with Crippen LogP contribution in [0.5, 0.6) is 0 Å². The molecule has 1 aromatic heterocycles. The van der Waals surface area contributed by atoms with Crippen LogP contribution in [0.15, 0.2) is 35.7 Å². The van der Waals surface area contributed by atoms with Gasteiger partial charge in [-0.15, -0.1) is 11.3 Å². The van der Waals surface area contributed by atoms with Gasteiger partial charge in [0.15, 0.2) is 5.13 Å². The maximum absolute atomic E-state index is 11.7. The van der Waals surface area contributed by atoms with Gasteiger partial charge in [0.1, 0.15) is 5.60 Å². The molecule has 0 atom stereocenters. The summed E-state index contributed by atoms with van der Waals surface area (Å²) in [5.41, 5.74) is 2.49. The van der Waals surface area contributed by atoms with Gasteiger partial charge in [0.2, 0.25) is 0 Å². The standard InChI is InChI=1S/C17H20N2O2S/c1-12(10-13-8-6-5-7-9-13)14-11-22-15(18-14)19-16(20)21-17(2,3)4/h5-11H,1-4H3,(H,18,19,20). The third kappa shape index (κ3) is 5.00. The van der Waals surface area contributed by atoms with E-state index in [-0.39, 0.29) is 0 Å². The van der Waals surface area contributed by atoms with Gasteiger partial charge < -0.3 is 4.74 Å². The summed E-state index contributed by atoms with van der Waals surface area (Å²) in [5.74, 6) is 0. The van der Waals surface area contributed by atoms with Gasteiger partial charge in [0, 0.05) is 5.38 Å². The first-order valence-corrected chi connectivity index (χ1v) is 7.91. The number of nitrogens with zero attached hydrogens (tertiary/aromatic N) is 1. The molecule has 0 aliphatic carbocycles. The molecule has 1 amide bonds. The number of allylic oxidation sites excluding steroid dienone is 1. The zero-order valence-electron chi connectivity index (χ0n) is 13.2. The van der Waals surface area contributed by atoms with Crippen LogP contribution in [0.2, 0.25) is 0 Å². The number of anilines is 1. The quantitative estimate of drug-likeness (QED) is 0.862. The summed E-state index contributed by atoms with van der Waals surface area (Å²) in [6.07, 6.45) is 1.57. The number of carbonyl (C=O) groups excluding carboxylic acids is 1. The summed E-state index contributed by atoms with van der Waals surface area (Å²) >= 11 is 1.38. The second-order valence-corrected chi connectivity index (χ2v) is 6.76. The van der Waals surface area contributed by atoms with Crippen molar-refractivity contribution in [1.29, 1.82) is 0 Å². The van der Waals surface area contributed by atoms with Crippen molar-refractivity contribution in [3.8, 4) is 0 Å². The average Bonchev–Trinajstić information content (AvgIpc) is 2.86. The molecule has 1 aromatic carbocycles. The average molecular weight is 316 g/mol. The lowest BCUT2D eigenvalue weighted by atomic mass is 10.1. The van der Waals surface area contributed by atoms with Crippen LogP contribution in [0.3, 0.4) is 0 Å². The number of hydrogen-bond acceptors (Lipinski definition) is 4. The molecule has 0 aliphatic heterocycles. The maximum atomic E-state index is 11.7. The number of carbonyl (C=O) groups is 1. The van der Waals surface area contributed by atoms with Crippen molar-refractivity contribution in [3.63, 3.8) is 0 Å². The topological polar surface area (TPSA) is 51.2 Å². The molecule has 0 radical (unpaired) electrons. The highest BCUT2D eigenvalue weighted by Crippen LogP contribution is 2.23. The van der Waals surface area contributed by atoms with Crippen LogP contribution in [0.4, 0.5) is 9.93 Å². The summed E-state index contributed by atoms with van der Waals surface area (Å²) in [6.45, 7) is 7.48. The van der Waals surface area contributed by atoms with Crippen LogP contribution < -0.4 is 5.32 Å². The lowest BCUT2D eigenvalue weighted by Gasteiger charge is -2.18. The van der Waals surface area contributed by atoms with Crippen LogP contribution in [-0.2, 0) is 4.74 Å². The Morgan fingerprint density at radius 2 is 1.95 bits per heavy atom. The van der Waals surface area contributed by atoms with Gasteiger partial charge in [-0.05, 0) is 44.9 Å².